The second-order valence-corrected chi connectivity index (χ2v) is 3.87. The zero-order valence-electron chi connectivity index (χ0n) is 8.91. The summed E-state index contributed by atoms with van der Waals surface area (Å²) >= 11 is 0. The monoisotopic (exact) mass is 185 g/mol. The minimum Gasteiger partial charge on any atom is -0.257 e. The van der Waals surface area contributed by atoms with Gasteiger partial charge in [-0.05, 0) is 19.4 Å². The number of hydrogen-bond acceptors (Lipinski definition) is 1. The summed E-state index contributed by atoms with van der Waals surface area (Å²) in [6.07, 6.45) is 0. The number of benzene rings is 1. The Labute approximate surface area is 85.2 Å². The first-order chi connectivity index (χ1) is 6.70. The maximum atomic E-state index is 4.62. The fourth-order valence-corrected chi connectivity index (χ4v) is 1.77. The van der Waals surface area contributed by atoms with Crippen molar-refractivity contribution in [2.45, 2.75) is 20.8 Å². The zero-order valence-corrected chi connectivity index (χ0v) is 8.91. The molecule has 0 aliphatic carbocycles. The standard InChI is InChI=1S/C13H15N/c1-9-10(2)13(14-11(9)3)12-7-5-4-6-8-12/h4-9H,1-3H3/t9-/m0/s1. The van der Waals surface area contributed by atoms with Gasteiger partial charge >= 0.3 is 0 Å². The van der Waals surface area contributed by atoms with E-state index in [0.717, 1.165) is 5.70 Å². The van der Waals surface area contributed by atoms with Crippen molar-refractivity contribution < 1.29 is 0 Å². The first-order valence-corrected chi connectivity index (χ1v) is 5.01. The van der Waals surface area contributed by atoms with Gasteiger partial charge in [0.25, 0.3) is 0 Å². The van der Waals surface area contributed by atoms with E-state index in [9.17, 15) is 0 Å². The summed E-state index contributed by atoms with van der Waals surface area (Å²) in [5, 5.41) is 0. The van der Waals surface area contributed by atoms with Gasteiger partial charge in [0, 0.05) is 17.2 Å². The second-order valence-electron chi connectivity index (χ2n) is 3.87. The van der Waals surface area contributed by atoms with Crippen molar-refractivity contribution >= 4 is 11.4 Å². The number of allylic oxidation sites excluding steroid dienone is 1. The van der Waals surface area contributed by atoms with Crippen molar-refractivity contribution in [3.63, 3.8) is 0 Å². The molecule has 1 heteroatoms. The summed E-state index contributed by atoms with van der Waals surface area (Å²) in [6.45, 7) is 6.49. The van der Waals surface area contributed by atoms with E-state index >= 15 is 0 Å². The molecule has 14 heavy (non-hydrogen) atoms. The molecule has 1 aromatic carbocycles. The molecule has 0 fully saturated rings. The SMILES string of the molecule is CC1=NC(c2ccccc2)=C(C)[C@@H]1C. The second kappa shape index (κ2) is 3.41. The maximum absolute atomic E-state index is 4.62. The molecule has 0 radical (unpaired) electrons. The predicted molar refractivity (Wildman–Crippen MR) is 61.3 cm³/mol. The van der Waals surface area contributed by atoms with Crippen LogP contribution in [0.2, 0.25) is 0 Å². The Balaban J connectivity index is 2.46. The lowest BCUT2D eigenvalue weighted by atomic mass is 9.98. The molecule has 1 nitrogen and oxygen atoms in total. The van der Waals surface area contributed by atoms with Gasteiger partial charge in [0.1, 0.15) is 0 Å². The molecule has 0 N–H and O–H groups in total. The molecule has 1 heterocycles. The van der Waals surface area contributed by atoms with E-state index in [1.54, 1.807) is 0 Å². The van der Waals surface area contributed by atoms with Gasteiger partial charge in [0.2, 0.25) is 0 Å². The molecule has 1 atom stereocenters. The highest BCUT2D eigenvalue weighted by molar-refractivity contribution is 5.97. The largest absolute Gasteiger partial charge is 0.257 e. The van der Waals surface area contributed by atoms with Gasteiger partial charge in [-0.15, -0.1) is 0 Å². The predicted octanol–water partition coefficient (Wildman–Crippen LogP) is 3.53. The third-order valence-corrected chi connectivity index (χ3v) is 2.99. The quantitative estimate of drug-likeness (QED) is 0.634. The number of hydrogen-bond donors (Lipinski definition) is 0. The van der Waals surface area contributed by atoms with Gasteiger partial charge in [-0.25, -0.2) is 0 Å². The third-order valence-electron chi connectivity index (χ3n) is 2.99. The number of rotatable bonds is 1. The van der Waals surface area contributed by atoms with Gasteiger partial charge in [-0.3, -0.25) is 4.99 Å². The molecule has 0 saturated carbocycles. The van der Waals surface area contributed by atoms with Crippen LogP contribution in [0.15, 0.2) is 40.9 Å². The summed E-state index contributed by atoms with van der Waals surface area (Å²) in [6, 6.07) is 10.4. The molecular weight excluding hydrogens is 170 g/mol. The van der Waals surface area contributed by atoms with E-state index in [1.807, 2.05) is 6.07 Å². The molecule has 0 unspecified atom stereocenters. The average molecular weight is 185 g/mol. The van der Waals surface area contributed by atoms with Gasteiger partial charge < -0.3 is 0 Å². The normalized spacial score (nSPS) is 21.4. The minimum absolute atomic E-state index is 0.505. The summed E-state index contributed by atoms with van der Waals surface area (Å²) in [5.74, 6) is 0.505. The van der Waals surface area contributed by atoms with Crippen LogP contribution in [0.5, 0.6) is 0 Å². The van der Waals surface area contributed by atoms with Crippen molar-refractivity contribution in [1.82, 2.24) is 0 Å². The van der Waals surface area contributed by atoms with Crippen molar-refractivity contribution in [2.24, 2.45) is 10.9 Å². The van der Waals surface area contributed by atoms with Crippen LogP contribution in [0.1, 0.15) is 26.3 Å². The molecule has 0 amide bonds. The highest BCUT2D eigenvalue weighted by atomic mass is 14.8. The van der Waals surface area contributed by atoms with Crippen LogP contribution < -0.4 is 0 Å². The Kier molecular flexibility index (Phi) is 2.24. The summed E-state index contributed by atoms with van der Waals surface area (Å²) in [4.78, 5) is 4.62. The van der Waals surface area contributed by atoms with Crippen LogP contribution in [0, 0.1) is 5.92 Å². The molecular formula is C13H15N. The topological polar surface area (TPSA) is 12.4 Å². The Morgan fingerprint density at radius 1 is 1.07 bits per heavy atom. The van der Waals surface area contributed by atoms with Gasteiger partial charge in [-0.1, -0.05) is 37.3 Å². The summed E-state index contributed by atoms with van der Waals surface area (Å²) in [5.41, 5.74) is 5.00. The smallest absolute Gasteiger partial charge is 0.0697 e. The highest BCUT2D eigenvalue weighted by Crippen LogP contribution is 2.31. The molecule has 0 spiro atoms. The average Bonchev–Trinajstić information content (AvgIpc) is 2.47. The van der Waals surface area contributed by atoms with Crippen LogP contribution in [-0.2, 0) is 0 Å². The first-order valence-electron chi connectivity index (χ1n) is 5.01. The minimum atomic E-state index is 0.505. The Morgan fingerprint density at radius 3 is 2.21 bits per heavy atom. The van der Waals surface area contributed by atoms with Gasteiger partial charge in [0.05, 0.1) is 5.70 Å². The lowest BCUT2D eigenvalue weighted by Crippen LogP contribution is -2.02. The van der Waals surface area contributed by atoms with Gasteiger partial charge in [0.15, 0.2) is 0 Å². The van der Waals surface area contributed by atoms with E-state index < -0.39 is 0 Å². The van der Waals surface area contributed by atoms with Crippen LogP contribution in [-0.4, -0.2) is 5.71 Å². The van der Waals surface area contributed by atoms with E-state index in [-0.39, 0.29) is 0 Å². The fourth-order valence-electron chi connectivity index (χ4n) is 1.77. The van der Waals surface area contributed by atoms with E-state index in [0.29, 0.717) is 5.92 Å². The van der Waals surface area contributed by atoms with Crippen molar-refractivity contribution in [3.05, 3.63) is 41.5 Å². The van der Waals surface area contributed by atoms with E-state index in [4.69, 9.17) is 0 Å². The lowest BCUT2D eigenvalue weighted by Gasteiger charge is -2.04. The number of nitrogens with zero attached hydrogens (tertiary/aromatic N) is 1. The maximum Gasteiger partial charge on any atom is 0.0697 e. The number of aliphatic imine (C=N–C) groups is 1. The Morgan fingerprint density at radius 2 is 1.71 bits per heavy atom. The van der Waals surface area contributed by atoms with Crippen molar-refractivity contribution in [2.75, 3.05) is 0 Å². The fraction of sp³-hybridized carbons (Fsp3) is 0.308. The molecule has 72 valence electrons. The lowest BCUT2D eigenvalue weighted by molar-refractivity contribution is 0.935. The van der Waals surface area contributed by atoms with E-state index in [2.05, 4.69) is 50.0 Å². The third kappa shape index (κ3) is 1.39. The van der Waals surface area contributed by atoms with Crippen LogP contribution >= 0.6 is 0 Å². The molecule has 0 bridgehead atoms. The molecule has 0 saturated heterocycles. The molecule has 1 aromatic rings. The van der Waals surface area contributed by atoms with Gasteiger partial charge in [-0.2, -0.15) is 0 Å². The Bertz CT molecular complexity index is 399. The van der Waals surface area contributed by atoms with Crippen molar-refractivity contribution in [3.8, 4) is 0 Å². The van der Waals surface area contributed by atoms with Crippen molar-refractivity contribution in [1.29, 1.82) is 0 Å². The summed E-state index contributed by atoms with van der Waals surface area (Å²) in [7, 11) is 0. The summed E-state index contributed by atoms with van der Waals surface area (Å²) < 4.78 is 0. The highest BCUT2D eigenvalue weighted by Gasteiger charge is 2.20. The van der Waals surface area contributed by atoms with Crippen LogP contribution in [0.25, 0.3) is 5.70 Å². The molecule has 1 aliphatic rings. The Hall–Kier alpha value is -1.37. The van der Waals surface area contributed by atoms with E-state index in [1.165, 1.54) is 16.8 Å². The molecule has 1 aliphatic heterocycles. The molecule has 2 rings (SSSR count). The van der Waals surface area contributed by atoms with Crippen LogP contribution in [0.3, 0.4) is 0 Å². The first kappa shape index (κ1) is 9.20. The van der Waals surface area contributed by atoms with Crippen LogP contribution in [0.4, 0.5) is 0 Å². The zero-order chi connectivity index (χ0) is 10.1. The molecule has 0 aromatic heterocycles.